The Morgan fingerprint density at radius 3 is 2.33 bits per heavy atom. The van der Waals surface area contributed by atoms with Crippen LogP contribution >= 0.6 is 0 Å². The predicted molar refractivity (Wildman–Crippen MR) is 178 cm³/mol. The van der Waals surface area contributed by atoms with Crippen LogP contribution in [0.25, 0.3) is 11.2 Å². The van der Waals surface area contributed by atoms with Crippen LogP contribution < -0.4 is 15.5 Å². The number of carbonyl (C=O) groups excluding carboxylic acids is 1. The molecule has 2 aromatic carbocycles. The maximum atomic E-state index is 12.3. The first-order valence-corrected chi connectivity index (χ1v) is 16.7. The minimum atomic E-state index is -1.10. The molecule has 11 nitrogen and oxygen atoms in total. The number of hydrogen-bond donors (Lipinski definition) is 4. The number of benzene rings is 2. The number of nitrogens with one attached hydrogen (secondary N) is 2. The molecule has 46 heavy (non-hydrogen) atoms. The van der Waals surface area contributed by atoms with Gasteiger partial charge in [0.2, 0.25) is 11.9 Å². The molecule has 2 aliphatic heterocycles. The van der Waals surface area contributed by atoms with E-state index in [4.69, 9.17) is 9.97 Å². The van der Waals surface area contributed by atoms with Gasteiger partial charge in [-0.1, -0.05) is 67.6 Å². The van der Waals surface area contributed by atoms with Crippen molar-refractivity contribution in [3.63, 3.8) is 0 Å². The zero-order chi connectivity index (χ0) is 31.6. The van der Waals surface area contributed by atoms with E-state index in [1.807, 2.05) is 16.7 Å². The van der Waals surface area contributed by atoms with Crippen molar-refractivity contribution in [2.24, 2.45) is 0 Å². The van der Waals surface area contributed by atoms with Crippen molar-refractivity contribution < 1.29 is 15.0 Å². The van der Waals surface area contributed by atoms with E-state index in [-0.39, 0.29) is 11.8 Å². The second-order valence-corrected chi connectivity index (χ2v) is 12.9. The first-order chi connectivity index (χ1) is 22.5. The highest BCUT2D eigenvalue weighted by molar-refractivity contribution is 5.85. The van der Waals surface area contributed by atoms with Gasteiger partial charge in [0.05, 0.1) is 12.1 Å². The molecule has 1 saturated carbocycles. The number of aromatic nitrogens is 4. The van der Waals surface area contributed by atoms with Crippen LogP contribution in [0.4, 0.5) is 11.8 Å². The van der Waals surface area contributed by atoms with Gasteiger partial charge in [0.1, 0.15) is 18.5 Å². The molecule has 4 heterocycles. The van der Waals surface area contributed by atoms with Crippen LogP contribution in [0.15, 0.2) is 67.0 Å². The fourth-order valence-corrected chi connectivity index (χ4v) is 7.60. The standard InChI is InChI=1S/C35H44N8O3/c1-2-29(44)39-27-19-28(32(46)31(27)45)43-34-30(40-35(43)42-18-15-25(21-42)41-16-9-10-17-41)33(37-22-38-34)36-20-26(23-11-5-3-6-12-23)24-13-7-4-8-14-24/h3-8,11-14,22,25-28,31-32,45-46H,2,9-10,15-21H2,1H3,(H,39,44)(H,36,37,38)/t25-,27+,28-,31-,32+/m1/s1. The molecule has 3 fully saturated rings. The molecule has 4 N–H and O–H groups in total. The Morgan fingerprint density at radius 1 is 0.957 bits per heavy atom. The van der Waals surface area contributed by atoms with Crippen molar-refractivity contribution in [3.8, 4) is 0 Å². The van der Waals surface area contributed by atoms with Crippen LogP contribution in [-0.2, 0) is 4.79 Å². The van der Waals surface area contributed by atoms with E-state index >= 15 is 0 Å². The number of hydrogen-bond acceptors (Lipinski definition) is 9. The molecular formula is C35H44N8O3. The first kappa shape index (κ1) is 30.6. The van der Waals surface area contributed by atoms with Crippen molar-refractivity contribution in [1.29, 1.82) is 0 Å². The molecule has 0 unspecified atom stereocenters. The average Bonchev–Trinajstić information content (AvgIpc) is 3.90. The van der Waals surface area contributed by atoms with Gasteiger partial charge in [-0.3, -0.25) is 14.3 Å². The summed E-state index contributed by atoms with van der Waals surface area (Å²) in [6, 6.07) is 20.2. The van der Waals surface area contributed by atoms with Crippen LogP contribution in [0.3, 0.4) is 0 Å². The lowest BCUT2D eigenvalue weighted by atomic mass is 9.91. The summed E-state index contributed by atoms with van der Waals surface area (Å²) < 4.78 is 1.99. The van der Waals surface area contributed by atoms with Gasteiger partial charge < -0.3 is 25.7 Å². The number of rotatable bonds is 10. The molecule has 0 spiro atoms. The van der Waals surface area contributed by atoms with Crippen LogP contribution in [0.5, 0.6) is 0 Å². The largest absolute Gasteiger partial charge is 0.388 e. The Bertz CT molecular complexity index is 1590. The summed E-state index contributed by atoms with van der Waals surface area (Å²) in [5.41, 5.74) is 3.63. The molecule has 4 aromatic rings. The molecule has 3 aliphatic rings. The van der Waals surface area contributed by atoms with E-state index in [1.165, 1.54) is 30.3 Å². The molecule has 0 bridgehead atoms. The van der Waals surface area contributed by atoms with Gasteiger partial charge in [-0.15, -0.1) is 0 Å². The van der Waals surface area contributed by atoms with E-state index in [1.54, 1.807) is 6.92 Å². The fraction of sp³-hybridized carbons (Fsp3) is 0.486. The maximum Gasteiger partial charge on any atom is 0.220 e. The van der Waals surface area contributed by atoms with Gasteiger partial charge in [0.15, 0.2) is 17.0 Å². The summed E-state index contributed by atoms with van der Waals surface area (Å²) in [6.45, 7) is 6.31. The van der Waals surface area contributed by atoms with E-state index in [0.717, 1.165) is 38.5 Å². The number of imidazole rings is 1. The normalized spacial score (nSPS) is 25.1. The van der Waals surface area contributed by atoms with Gasteiger partial charge >= 0.3 is 0 Å². The predicted octanol–water partition coefficient (Wildman–Crippen LogP) is 3.31. The van der Waals surface area contributed by atoms with E-state index in [0.29, 0.717) is 42.4 Å². The molecule has 5 atom stereocenters. The Balaban J connectivity index is 1.24. The van der Waals surface area contributed by atoms with Crippen molar-refractivity contribution in [2.75, 3.05) is 42.9 Å². The lowest BCUT2D eigenvalue weighted by Gasteiger charge is -2.26. The fourth-order valence-electron chi connectivity index (χ4n) is 7.60. The van der Waals surface area contributed by atoms with Crippen LogP contribution in [0, 0.1) is 0 Å². The summed E-state index contributed by atoms with van der Waals surface area (Å²) >= 11 is 0. The van der Waals surface area contributed by atoms with Gasteiger partial charge in [-0.05, 0) is 49.9 Å². The van der Waals surface area contributed by atoms with Gasteiger partial charge in [0.25, 0.3) is 0 Å². The minimum absolute atomic E-state index is 0.0866. The number of fused-ring (bicyclic) bond motifs is 1. The number of likely N-dealkylation sites (tertiary alicyclic amines) is 1. The Kier molecular flexibility index (Phi) is 8.88. The number of aliphatic hydroxyl groups excluding tert-OH is 2. The molecule has 1 aliphatic carbocycles. The maximum absolute atomic E-state index is 12.3. The molecule has 1 amide bonds. The molecule has 11 heteroatoms. The molecule has 242 valence electrons. The first-order valence-electron chi connectivity index (χ1n) is 16.7. The average molecular weight is 625 g/mol. The number of nitrogens with zero attached hydrogens (tertiary/aromatic N) is 6. The molecule has 7 rings (SSSR count). The van der Waals surface area contributed by atoms with Crippen molar-refractivity contribution in [1.82, 2.24) is 29.7 Å². The lowest BCUT2D eigenvalue weighted by Crippen LogP contribution is -2.42. The second-order valence-electron chi connectivity index (χ2n) is 12.9. The highest BCUT2D eigenvalue weighted by atomic mass is 16.3. The van der Waals surface area contributed by atoms with Crippen molar-refractivity contribution in [2.45, 2.75) is 75.3 Å². The van der Waals surface area contributed by atoms with E-state index in [9.17, 15) is 15.0 Å². The lowest BCUT2D eigenvalue weighted by molar-refractivity contribution is -0.122. The van der Waals surface area contributed by atoms with Gasteiger partial charge in [0, 0.05) is 38.0 Å². The summed E-state index contributed by atoms with van der Waals surface area (Å²) in [7, 11) is 0. The second kappa shape index (κ2) is 13.4. The minimum Gasteiger partial charge on any atom is -0.388 e. The monoisotopic (exact) mass is 624 g/mol. The van der Waals surface area contributed by atoms with E-state index < -0.39 is 24.3 Å². The molecule has 2 aromatic heterocycles. The topological polar surface area (TPSA) is 132 Å². The summed E-state index contributed by atoms with van der Waals surface area (Å²) in [5, 5.41) is 28.9. The zero-order valence-corrected chi connectivity index (χ0v) is 26.4. The third-order valence-corrected chi connectivity index (χ3v) is 10.1. The number of aliphatic hydroxyl groups is 2. The smallest absolute Gasteiger partial charge is 0.220 e. The van der Waals surface area contributed by atoms with Crippen molar-refractivity contribution >= 4 is 28.8 Å². The highest BCUT2D eigenvalue weighted by Crippen LogP contribution is 2.39. The molecule has 0 radical (unpaired) electrons. The zero-order valence-electron chi connectivity index (χ0n) is 26.4. The Morgan fingerprint density at radius 2 is 1.65 bits per heavy atom. The number of carbonyl (C=O) groups is 1. The third kappa shape index (κ3) is 5.94. The van der Waals surface area contributed by atoms with Crippen LogP contribution in [0.1, 0.15) is 62.1 Å². The molecular weight excluding hydrogens is 580 g/mol. The van der Waals surface area contributed by atoms with Crippen molar-refractivity contribution in [3.05, 3.63) is 78.1 Å². The molecule has 2 saturated heterocycles. The van der Waals surface area contributed by atoms with Crippen LogP contribution in [0.2, 0.25) is 0 Å². The van der Waals surface area contributed by atoms with Gasteiger partial charge in [-0.25, -0.2) is 15.0 Å². The summed E-state index contributed by atoms with van der Waals surface area (Å²) in [5.74, 6) is 1.28. The van der Waals surface area contributed by atoms with Gasteiger partial charge in [-0.2, -0.15) is 0 Å². The summed E-state index contributed by atoms with van der Waals surface area (Å²) in [6.07, 6.45) is 3.55. The quantitative estimate of drug-likeness (QED) is 0.210. The number of anilines is 2. The van der Waals surface area contributed by atoms with Crippen LogP contribution in [-0.4, -0.2) is 97.6 Å². The Hall–Kier alpha value is -4.06. The van der Waals surface area contributed by atoms with E-state index in [2.05, 4.69) is 73.9 Å². The Labute approximate surface area is 269 Å². The number of amides is 1. The summed E-state index contributed by atoms with van der Waals surface area (Å²) in [4.78, 5) is 31.7. The highest BCUT2D eigenvalue weighted by Gasteiger charge is 2.45. The third-order valence-electron chi connectivity index (χ3n) is 10.1. The SMILES string of the molecule is CCC(=O)N[C@H]1C[C@@H](n2c(N3CC[C@@H](N4CCCC4)C3)nc3c(NCC(c4ccccc4)c4ccccc4)ncnc32)[C@H](O)[C@@H]1O.